The minimum absolute atomic E-state index is 0.103. The third-order valence-electron chi connectivity index (χ3n) is 4.24. The van der Waals surface area contributed by atoms with Crippen LogP contribution in [0.5, 0.6) is 5.75 Å². The Morgan fingerprint density at radius 2 is 2.00 bits per heavy atom. The van der Waals surface area contributed by atoms with Crippen molar-refractivity contribution in [3.63, 3.8) is 0 Å². The molecule has 0 saturated heterocycles. The van der Waals surface area contributed by atoms with Gasteiger partial charge in [-0.2, -0.15) is 0 Å². The van der Waals surface area contributed by atoms with Gasteiger partial charge in [0.05, 0.1) is 24.7 Å². The Hall–Kier alpha value is -2.89. The molecule has 25 heavy (non-hydrogen) atoms. The van der Waals surface area contributed by atoms with Crippen LogP contribution in [-0.2, 0) is 17.6 Å². The van der Waals surface area contributed by atoms with E-state index in [9.17, 15) is 14.4 Å². The number of hydrogen-bond donors (Lipinski definition) is 1. The highest BCUT2D eigenvalue weighted by Gasteiger charge is 2.31. The maximum atomic E-state index is 12.6. The van der Waals surface area contributed by atoms with E-state index in [2.05, 4.69) is 5.32 Å². The van der Waals surface area contributed by atoms with Crippen molar-refractivity contribution in [2.75, 3.05) is 7.11 Å². The highest BCUT2D eigenvalue weighted by atomic mass is 16.5. The SMILES string of the molecule is CCCCc1c2c(oc(=O)c1-c1cccc(OC)c1)CC(=O)NC2=O. The van der Waals surface area contributed by atoms with Gasteiger partial charge in [0, 0.05) is 0 Å². The minimum Gasteiger partial charge on any atom is -0.497 e. The average Bonchev–Trinajstić information content (AvgIpc) is 2.58. The zero-order valence-corrected chi connectivity index (χ0v) is 14.2. The highest BCUT2D eigenvalue weighted by molar-refractivity contribution is 6.10. The summed E-state index contributed by atoms with van der Waals surface area (Å²) in [7, 11) is 1.55. The second kappa shape index (κ2) is 6.93. The zero-order chi connectivity index (χ0) is 18.0. The number of carbonyl (C=O) groups is 2. The Morgan fingerprint density at radius 3 is 2.72 bits per heavy atom. The molecule has 0 saturated carbocycles. The monoisotopic (exact) mass is 341 g/mol. The molecule has 6 heteroatoms. The number of benzene rings is 1. The van der Waals surface area contributed by atoms with Crippen molar-refractivity contribution in [2.45, 2.75) is 32.6 Å². The number of ether oxygens (including phenoxy) is 1. The lowest BCUT2D eigenvalue weighted by molar-refractivity contribution is -0.120. The lowest BCUT2D eigenvalue weighted by Gasteiger charge is -2.20. The first-order chi connectivity index (χ1) is 12.0. The molecule has 0 radical (unpaired) electrons. The van der Waals surface area contributed by atoms with Crippen LogP contribution in [0.25, 0.3) is 11.1 Å². The van der Waals surface area contributed by atoms with Crippen LogP contribution in [0.1, 0.15) is 41.4 Å². The van der Waals surface area contributed by atoms with Crippen LogP contribution in [0.3, 0.4) is 0 Å². The Balaban J connectivity index is 2.27. The van der Waals surface area contributed by atoms with Gasteiger partial charge < -0.3 is 9.15 Å². The topological polar surface area (TPSA) is 85.6 Å². The molecule has 0 bridgehead atoms. The van der Waals surface area contributed by atoms with Gasteiger partial charge in [-0.25, -0.2) is 4.79 Å². The van der Waals surface area contributed by atoms with Gasteiger partial charge >= 0.3 is 5.63 Å². The fraction of sp³-hybridized carbons (Fsp3) is 0.316. The Labute approximate surface area is 144 Å². The van der Waals surface area contributed by atoms with Gasteiger partial charge in [-0.05, 0) is 36.1 Å². The molecule has 2 heterocycles. The molecule has 1 N–H and O–H groups in total. The Kier molecular flexibility index (Phi) is 4.70. The van der Waals surface area contributed by atoms with Crippen LogP contribution < -0.4 is 15.7 Å². The smallest absolute Gasteiger partial charge is 0.344 e. The van der Waals surface area contributed by atoms with Crippen LogP contribution >= 0.6 is 0 Å². The zero-order valence-electron chi connectivity index (χ0n) is 14.2. The molecule has 2 aromatic rings. The lowest BCUT2D eigenvalue weighted by Crippen LogP contribution is -2.39. The van der Waals surface area contributed by atoms with E-state index in [0.29, 0.717) is 34.4 Å². The predicted octanol–water partition coefficient (Wildman–Crippen LogP) is 2.47. The minimum atomic E-state index is -0.541. The van der Waals surface area contributed by atoms with Gasteiger partial charge in [-0.15, -0.1) is 0 Å². The summed E-state index contributed by atoms with van der Waals surface area (Å²) in [5, 5.41) is 2.31. The van der Waals surface area contributed by atoms with E-state index in [1.54, 1.807) is 31.4 Å². The van der Waals surface area contributed by atoms with Crippen molar-refractivity contribution in [3.05, 3.63) is 51.6 Å². The molecule has 1 aromatic carbocycles. The molecule has 0 aliphatic carbocycles. The summed E-state index contributed by atoms with van der Waals surface area (Å²) < 4.78 is 10.6. The molecule has 1 aliphatic rings. The molecule has 1 aromatic heterocycles. The third-order valence-corrected chi connectivity index (χ3v) is 4.24. The molecule has 6 nitrogen and oxygen atoms in total. The molecule has 0 spiro atoms. The molecule has 0 atom stereocenters. The fourth-order valence-electron chi connectivity index (χ4n) is 3.07. The van der Waals surface area contributed by atoms with E-state index in [0.717, 1.165) is 12.8 Å². The molecule has 3 rings (SSSR count). The van der Waals surface area contributed by atoms with Crippen molar-refractivity contribution in [2.24, 2.45) is 0 Å². The van der Waals surface area contributed by atoms with E-state index >= 15 is 0 Å². The number of hydrogen-bond acceptors (Lipinski definition) is 5. The molecule has 0 unspecified atom stereocenters. The Morgan fingerprint density at radius 1 is 1.20 bits per heavy atom. The summed E-state index contributed by atoms with van der Waals surface area (Å²) in [6.45, 7) is 2.03. The largest absolute Gasteiger partial charge is 0.497 e. The van der Waals surface area contributed by atoms with Crippen LogP contribution in [0.15, 0.2) is 33.5 Å². The molecule has 0 fully saturated rings. The van der Waals surface area contributed by atoms with Crippen LogP contribution in [0, 0.1) is 0 Å². The number of nitrogens with one attached hydrogen (secondary N) is 1. The van der Waals surface area contributed by atoms with Crippen molar-refractivity contribution >= 4 is 11.8 Å². The van der Waals surface area contributed by atoms with Gasteiger partial charge in [-0.3, -0.25) is 14.9 Å². The Bertz CT molecular complexity index is 897. The third kappa shape index (κ3) is 3.20. The number of imide groups is 1. The van der Waals surface area contributed by atoms with Gasteiger partial charge in [0.15, 0.2) is 0 Å². The van der Waals surface area contributed by atoms with Crippen molar-refractivity contribution in [1.82, 2.24) is 5.32 Å². The van der Waals surface area contributed by atoms with Crippen molar-refractivity contribution in [1.29, 1.82) is 0 Å². The van der Waals surface area contributed by atoms with E-state index in [1.165, 1.54) is 0 Å². The number of unbranched alkanes of at least 4 members (excludes halogenated alkanes) is 1. The van der Waals surface area contributed by atoms with E-state index in [-0.39, 0.29) is 12.2 Å². The van der Waals surface area contributed by atoms with E-state index in [4.69, 9.17) is 9.15 Å². The number of rotatable bonds is 5. The summed E-state index contributed by atoms with van der Waals surface area (Å²) in [4.78, 5) is 36.6. The fourth-order valence-corrected chi connectivity index (χ4v) is 3.07. The second-order valence-corrected chi connectivity index (χ2v) is 5.93. The van der Waals surface area contributed by atoms with Gasteiger partial charge in [-0.1, -0.05) is 25.5 Å². The maximum absolute atomic E-state index is 12.6. The first-order valence-electron chi connectivity index (χ1n) is 8.22. The molecule has 130 valence electrons. The van der Waals surface area contributed by atoms with Crippen LogP contribution in [0.4, 0.5) is 0 Å². The second-order valence-electron chi connectivity index (χ2n) is 5.93. The number of fused-ring (bicyclic) bond motifs is 1. The number of carbonyl (C=O) groups excluding carboxylic acids is 2. The molecular formula is C19H19NO5. The standard InChI is InChI=1S/C19H19NO5/c1-3-4-8-13-16(11-6-5-7-12(9-11)24-2)19(23)25-14-10-15(21)20-18(22)17(13)14/h5-7,9H,3-4,8,10H2,1-2H3,(H,20,21,22). The number of methoxy groups -OCH3 is 1. The van der Waals surface area contributed by atoms with Gasteiger partial charge in [0.1, 0.15) is 11.5 Å². The van der Waals surface area contributed by atoms with Crippen molar-refractivity contribution in [3.8, 4) is 16.9 Å². The molecule has 1 aliphatic heterocycles. The summed E-state index contributed by atoms with van der Waals surface area (Å²) in [5.41, 5.74) is 1.39. The lowest BCUT2D eigenvalue weighted by atomic mass is 9.91. The van der Waals surface area contributed by atoms with Gasteiger partial charge in [0.2, 0.25) is 5.91 Å². The summed E-state index contributed by atoms with van der Waals surface area (Å²) in [6, 6.07) is 7.07. The normalized spacial score (nSPS) is 13.4. The van der Waals surface area contributed by atoms with E-state index in [1.807, 2.05) is 6.92 Å². The van der Waals surface area contributed by atoms with Crippen molar-refractivity contribution < 1.29 is 18.7 Å². The molecular weight excluding hydrogens is 322 g/mol. The first kappa shape index (κ1) is 17.0. The predicted molar refractivity (Wildman–Crippen MR) is 91.8 cm³/mol. The average molecular weight is 341 g/mol. The van der Waals surface area contributed by atoms with E-state index < -0.39 is 17.4 Å². The summed E-state index contributed by atoms with van der Waals surface area (Å²) in [6.07, 6.45) is 2.17. The maximum Gasteiger partial charge on any atom is 0.344 e. The summed E-state index contributed by atoms with van der Waals surface area (Å²) in [5.74, 6) is -0.214. The van der Waals surface area contributed by atoms with Crippen LogP contribution in [0.2, 0.25) is 0 Å². The van der Waals surface area contributed by atoms with Crippen LogP contribution in [-0.4, -0.2) is 18.9 Å². The highest BCUT2D eigenvalue weighted by Crippen LogP contribution is 2.30. The summed E-state index contributed by atoms with van der Waals surface area (Å²) >= 11 is 0. The molecule has 2 amide bonds. The number of amides is 2. The van der Waals surface area contributed by atoms with Gasteiger partial charge in [0.25, 0.3) is 5.91 Å². The quantitative estimate of drug-likeness (QED) is 0.845. The first-order valence-corrected chi connectivity index (χ1v) is 8.22.